The largest absolute Gasteiger partial charge is 0.338 e. The number of hydrogen-bond donors (Lipinski definition) is 1. The summed E-state index contributed by atoms with van der Waals surface area (Å²) in [6.07, 6.45) is 0.970. The van der Waals surface area contributed by atoms with Crippen molar-refractivity contribution >= 4 is 21.9 Å². The molecule has 0 amide bonds. The fourth-order valence-electron chi connectivity index (χ4n) is 1.31. The molecule has 0 bridgehead atoms. The van der Waals surface area contributed by atoms with E-state index >= 15 is 0 Å². The summed E-state index contributed by atoms with van der Waals surface area (Å²) in [6, 6.07) is 4.70. The van der Waals surface area contributed by atoms with Gasteiger partial charge in [-0.05, 0) is 40.5 Å². The number of aromatic nitrogens is 2. The molecule has 90 valence electrons. The van der Waals surface area contributed by atoms with Crippen molar-refractivity contribution < 1.29 is 8.91 Å². The van der Waals surface area contributed by atoms with Gasteiger partial charge in [0.25, 0.3) is 0 Å². The zero-order chi connectivity index (χ0) is 12.3. The highest BCUT2D eigenvalue weighted by Crippen LogP contribution is 2.27. The number of nitrogens with zero attached hydrogens (tertiary/aromatic N) is 2. The average Bonchev–Trinajstić information content (AvgIpc) is 2.75. The van der Waals surface area contributed by atoms with Gasteiger partial charge in [-0.2, -0.15) is 4.98 Å². The molecule has 0 aliphatic rings. The predicted octanol–water partition coefficient (Wildman–Crippen LogP) is 3.46. The molecule has 2 aromatic rings. The molecule has 6 heteroatoms. The first-order valence-corrected chi connectivity index (χ1v) is 6.03. The van der Waals surface area contributed by atoms with E-state index in [1.807, 2.05) is 6.92 Å². The lowest BCUT2D eigenvalue weighted by molar-refractivity contribution is 0.432. The lowest BCUT2D eigenvalue weighted by Gasteiger charge is -1.98. The van der Waals surface area contributed by atoms with Crippen molar-refractivity contribution in [2.45, 2.75) is 13.3 Å². The second kappa shape index (κ2) is 5.27. The van der Waals surface area contributed by atoms with Gasteiger partial charge >= 0.3 is 6.01 Å². The molecule has 0 aliphatic carbocycles. The molecule has 0 saturated carbocycles. The van der Waals surface area contributed by atoms with E-state index in [1.54, 1.807) is 6.07 Å². The molecule has 0 unspecified atom stereocenters. The van der Waals surface area contributed by atoms with Crippen LogP contribution < -0.4 is 5.32 Å². The van der Waals surface area contributed by atoms with Crippen LogP contribution in [0.15, 0.2) is 27.2 Å². The molecule has 1 aromatic carbocycles. The van der Waals surface area contributed by atoms with Gasteiger partial charge in [-0.25, -0.2) is 4.39 Å². The maximum atomic E-state index is 12.9. The van der Waals surface area contributed by atoms with Crippen molar-refractivity contribution in [3.05, 3.63) is 28.5 Å². The Kier molecular flexibility index (Phi) is 3.73. The minimum absolute atomic E-state index is 0.312. The molecule has 17 heavy (non-hydrogen) atoms. The van der Waals surface area contributed by atoms with Crippen LogP contribution in [0.5, 0.6) is 0 Å². The molecule has 4 nitrogen and oxygen atoms in total. The van der Waals surface area contributed by atoms with Crippen LogP contribution in [0.2, 0.25) is 0 Å². The smallest absolute Gasteiger partial charge is 0.321 e. The van der Waals surface area contributed by atoms with Crippen molar-refractivity contribution in [3.63, 3.8) is 0 Å². The molecule has 0 fully saturated rings. The van der Waals surface area contributed by atoms with Gasteiger partial charge in [-0.1, -0.05) is 12.1 Å². The first-order valence-electron chi connectivity index (χ1n) is 5.23. The van der Waals surface area contributed by atoms with Gasteiger partial charge < -0.3 is 9.84 Å². The Hall–Kier alpha value is -1.43. The zero-order valence-electron chi connectivity index (χ0n) is 9.20. The lowest BCUT2D eigenvalue weighted by Crippen LogP contribution is -1.99. The molecule has 2 rings (SSSR count). The topological polar surface area (TPSA) is 51.0 Å². The number of nitrogens with one attached hydrogen (secondary N) is 1. The van der Waals surface area contributed by atoms with E-state index in [0.717, 1.165) is 13.0 Å². The highest BCUT2D eigenvalue weighted by molar-refractivity contribution is 9.10. The van der Waals surface area contributed by atoms with Gasteiger partial charge in [0, 0.05) is 16.6 Å². The molecular weight excluding hydrogens is 289 g/mol. The molecule has 1 aromatic heterocycles. The summed E-state index contributed by atoms with van der Waals surface area (Å²) in [6.45, 7) is 2.81. The van der Waals surface area contributed by atoms with E-state index in [9.17, 15) is 4.39 Å². The number of benzene rings is 1. The maximum Gasteiger partial charge on any atom is 0.321 e. The van der Waals surface area contributed by atoms with Crippen LogP contribution in [0.25, 0.3) is 11.4 Å². The van der Waals surface area contributed by atoms with E-state index < -0.39 is 0 Å². The fraction of sp³-hybridized carbons (Fsp3) is 0.273. The monoisotopic (exact) mass is 299 g/mol. The number of anilines is 1. The fourth-order valence-corrected chi connectivity index (χ4v) is 1.84. The predicted molar refractivity (Wildman–Crippen MR) is 66.2 cm³/mol. The summed E-state index contributed by atoms with van der Waals surface area (Å²) in [5.41, 5.74) is 0.694. The average molecular weight is 300 g/mol. The maximum absolute atomic E-state index is 12.9. The van der Waals surface area contributed by atoms with E-state index in [-0.39, 0.29) is 5.82 Å². The van der Waals surface area contributed by atoms with Crippen molar-refractivity contribution in [3.8, 4) is 11.4 Å². The minimum Gasteiger partial charge on any atom is -0.338 e. The van der Waals surface area contributed by atoms with Gasteiger partial charge in [0.2, 0.25) is 5.82 Å². The Balaban J connectivity index is 2.24. The lowest BCUT2D eigenvalue weighted by atomic mass is 10.2. The molecular formula is C11H11BrFN3O. The summed E-state index contributed by atoms with van der Waals surface area (Å²) in [4.78, 5) is 4.17. The summed E-state index contributed by atoms with van der Waals surface area (Å²) in [5.74, 6) is 0.115. The van der Waals surface area contributed by atoms with Crippen LogP contribution in [-0.2, 0) is 0 Å². The molecule has 0 spiro atoms. The minimum atomic E-state index is -0.312. The van der Waals surface area contributed by atoms with E-state index in [0.29, 0.717) is 21.9 Å². The Morgan fingerprint density at radius 2 is 2.29 bits per heavy atom. The van der Waals surface area contributed by atoms with Crippen molar-refractivity contribution in [1.82, 2.24) is 10.1 Å². The van der Waals surface area contributed by atoms with Gasteiger partial charge in [0.15, 0.2) is 0 Å². The Labute approximate surface area is 106 Å². The summed E-state index contributed by atoms with van der Waals surface area (Å²) in [7, 11) is 0. The molecule has 0 atom stereocenters. The van der Waals surface area contributed by atoms with Gasteiger partial charge in [0.05, 0.1) is 0 Å². The van der Waals surface area contributed by atoms with E-state index in [2.05, 4.69) is 31.4 Å². The highest BCUT2D eigenvalue weighted by atomic mass is 79.9. The quantitative estimate of drug-likeness (QED) is 0.939. The van der Waals surface area contributed by atoms with Crippen LogP contribution in [0.4, 0.5) is 10.4 Å². The van der Waals surface area contributed by atoms with Crippen LogP contribution in [0.1, 0.15) is 13.3 Å². The summed E-state index contributed by atoms with van der Waals surface area (Å²) in [5, 5.41) is 6.81. The third-order valence-corrected chi connectivity index (χ3v) is 2.78. The third kappa shape index (κ3) is 2.82. The normalized spacial score (nSPS) is 10.5. The summed E-state index contributed by atoms with van der Waals surface area (Å²) >= 11 is 3.26. The highest BCUT2D eigenvalue weighted by Gasteiger charge is 2.11. The number of rotatable bonds is 4. The number of hydrogen-bond acceptors (Lipinski definition) is 4. The second-order valence-electron chi connectivity index (χ2n) is 3.47. The molecule has 1 N–H and O–H groups in total. The first-order chi connectivity index (χ1) is 8.20. The zero-order valence-corrected chi connectivity index (χ0v) is 10.8. The Bertz CT molecular complexity index is 515. The Morgan fingerprint density at radius 1 is 1.47 bits per heavy atom. The van der Waals surface area contributed by atoms with Crippen LogP contribution >= 0.6 is 15.9 Å². The Morgan fingerprint density at radius 3 is 3.00 bits per heavy atom. The third-order valence-electron chi connectivity index (χ3n) is 2.12. The number of halogens is 2. The van der Waals surface area contributed by atoms with Crippen LogP contribution in [-0.4, -0.2) is 16.7 Å². The van der Waals surface area contributed by atoms with Gasteiger partial charge in [0.1, 0.15) is 5.82 Å². The van der Waals surface area contributed by atoms with Gasteiger partial charge in [-0.3, -0.25) is 0 Å². The summed E-state index contributed by atoms with van der Waals surface area (Å²) < 4.78 is 18.5. The molecule has 0 radical (unpaired) electrons. The standard InChI is InChI=1S/C11H11BrFN3O/c1-2-5-14-11-15-10(16-17-11)8-4-3-7(13)6-9(8)12/h3-4,6H,2,5H2,1H3,(H,14,15,16). The van der Waals surface area contributed by atoms with Crippen molar-refractivity contribution in [2.24, 2.45) is 0 Å². The first kappa shape index (κ1) is 12.0. The van der Waals surface area contributed by atoms with Crippen LogP contribution in [0, 0.1) is 5.82 Å². The molecule has 1 heterocycles. The van der Waals surface area contributed by atoms with Gasteiger partial charge in [-0.15, -0.1) is 0 Å². The SMILES string of the molecule is CCCNc1nc(-c2ccc(F)cc2Br)no1. The van der Waals surface area contributed by atoms with Crippen LogP contribution in [0.3, 0.4) is 0 Å². The van der Waals surface area contributed by atoms with Crippen molar-refractivity contribution in [1.29, 1.82) is 0 Å². The molecule has 0 aliphatic heterocycles. The van der Waals surface area contributed by atoms with Crippen molar-refractivity contribution in [2.75, 3.05) is 11.9 Å². The van der Waals surface area contributed by atoms with E-state index in [1.165, 1.54) is 12.1 Å². The van der Waals surface area contributed by atoms with E-state index in [4.69, 9.17) is 4.52 Å². The second-order valence-corrected chi connectivity index (χ2v) is 4.33. The molecule has 0 saturated heterocycles.